The largest absolute Gasteiger partial charge is 0.370 e. The van der Waals surface area contributed by atoms with Gasteiger partial charge in [-0.2, -0.15) is 0 Å². The van der Waals surface area contributed by atoms with Crippen molar-refractivity contribution in [1.82, 2.24) is 5.32 Å². The van der Waals surface area contributed by atoms with Gasteiger partial charge in [0, 0.05) is 42.3 Å². The molecule has 6 atom stereocenters. The van der Waals surface area contributed by atoms with Crippen LogP contribution >= 0.6 is 0 Å². The van der Waals surface area contributed by atoms with Crippen LogP contribution in [0.15, 0.2) is 21.8 Å². The van der Waals surface area contributed by atoms with Crippen molar-refractivity contribution < 1.29 is 13.6 Å². The molecule has 3 N–H and O–H groups in total. The minimum atomic E-state index is -2.45. The molecule has 0 aromatic carbocycles. The van der Waals surface area contributed by atoms with Crippen LogP contribution in [0.25, 0.3) is 0 Å². The lowest BCUT2D eigenvalue weighted by molar-refractivity contribution is -0.119. The maximum absolute atomic E-state index is 13.2. The number of nitrogens with one attached hydrogen (secondary N) is 1. The molecule has 0 radical (unpaired) electrons. The third-order valence-corrected chi connectivity index (χ3v) is 8.72. The number of alkyl halides is 2. The van der Waals surface area contributed by atoms with E-state index in [0.717, 1.165) is 49.9 Å². The van der Waals surface area contributed by atoms with Gasteiger partial charge >= 0.3 is 0 Å². The Kier molecular flexibility index (Phi) is 6.34. The first-order chi connectivity index (χ1) is 15.8. The van der Waals surface area contributed by atoms with Crippen LogP contribution in [-0.4, -0.2) is 35.5 Å². The molecule has 2 bridgehead atoms. The van der Waals surface area contributed by atoms with Crippen molar-refractivity contribution in [2.24, 2.45) is 45.3 Å². The van der Waals surface area contributed by atoms with Gasteiger partial charge in [0.2, 0.25) is 11.8 Å². The number of aliphatic imine (C=N–C) groups is 2. The van der Waals surface area contributed by atoms with E-state index in [0.29, 0.717) is 30.1 Å². The summed E-state index contributed by atoms with van der Waals surface area (Å²) in [7, 11) is 0. The van der Waals surface area contributed by atoms with Gasteiger partial charge in [0.25, 0.3) is 0 Å². The molecule has 6 unspecified atom stereocenters. The van der Waals surface area contributed by atoms with E-state index in [1.165, 1.54) is 25.0 Å². The summed E-state index contributed by atoms with van der Waals surface area (Å²) in [5.74, 6) is -0.364. The second-order valence-electron chi connectivity index (χ2n) is 11.4. The van der Waals surface area contributed by atoms with E-state index < -0.39 is 5.92 Å². The third kappa shape index (κ3) is 5.17. The van der Waals surface area contributed by atoms with Gasteiger partial charge in [-0.3, -0.25) is 14.8 Å². The average molecular weight is 461 g/mol. The molecule has 33 heavy (non-hydrogen) atoms. The second-order valence-corrected chi connectivity index (χ2v) is 11.4. The Morgan fingerprint density at radius 2 is 1.97 bits per heavy atom. The third-order valence-electron chi connectivity index (χ3n) is 8.72. The molecule has 4 fully saturated rings. The van der Waals surface area contributed by atoms with Crippen LogP contribution in [0, 0.1) is 29.6 Å². The molecule has 6 rings (SSSR count). The first-order valence-corrected chi connectivity index (χ1v) is 13.0. The van der Waals surface area contributed by atoms with Gasteiger partial charge in [0.05, 0.1) is 0 Å². The lowest BCUT2D eigenvalue weighted by Crippen LogP contribution is -2.45. The number of hydrogen-bond acceptors (Lipinski definition) is 4. The standard InChI is InChI=1S/C26H38F2N4O/c1-15-30-22-12-20(8-6-18-13-26(27,28)14-18)32-25(22)24(31-15)21-10-17-5-7-19(21)4-2-3-16(9-17)11-23(29)33/h12,15-19,21,25,30H,2-11,13-14H2,1H3,(H2,29,33). The molecule has 1 amide bonds. The SMILES string of the molecule is CC1N=C(C2CC3CCC2CCCC(CC(N)=O)C3)C2N=C(CCC3CC(F)(F)C3)C=C2N1. The molecule has 4 saturated carbocycles. The van der Waals surface area contributed by atoms with Crippen LogP contribution in [-0.2, 0) is 4.79 Å². The summed E-state index contributed by atoms with van der Waals surface area (Å²) in [6.45, 7) is 2.10. The van der Waals surface area contributed by atoms with E-state index in [1.54, 1.807) is 0 Å². The lowest BCUT2D eigenvalue weighted by Gasteiger charge is -2.40. The van der Waals surface area contributed by atoms with Crippen LogP contribution in [0.5, 0.6) is 0 Å². The fourth-order valence-corrected chi connectivity index (χ4v) is 7.19. The van der Waals surface area contributed by atoms with Crippen LogP contribution in [0.1, 0.15) is 84.0 Å². The number of amides is 1. The van der Waals surface area contributed by atoms with Crippen molar-refractivity contribution in [2.45, 2.75) is 102 Å². The zero-order chi connectivity index (χ0) is 23.2. The molecule has 0 saturated heterocycles. The number of primary amides is 1. The highest BCUT2D eigenvalue weighted by Crippen LogP contribution is 2.46. The van der Waals surface area contributed by atoms with Gasteiger partial charge in [-0.1, -0.05) is 12.8 Å². The summed E-state index contributed by atoms with van der Waals surface area (Å²) in [6, 6.07) is -0.0209. The number of hydrogen-bond donors (Lipinski definition) is 2. The molecular formula is C26H38F2N4O. The minimum absolute atomic E-state index is 0.0209. The number of carbonyl (C=O) groups is 1. The molecule has 6 aliphatic rings. The zero-order valence-corrected chi connectivity index (χ0v) is 19.7. The molecule has 0 aromatic heterocycles. The van der Waals surface area contributed by atoms with E-state index >= 15 is 0 Å². The Balaban J connectivity index is 1.29. The van der Waals surface area contributed by atoms with Crippen molar-refractivity contribution in [1.29, 1.82) is 0 Å². The summed E-state index contributed by atoms with van der Waals surface area (Å²) in [6.07, 6.45) is 12.5. The predicted octanol–water partition coefficient (Wildman–Crippen LogP) is 5.01. The van der Waals surface area contributed by atoms with Gasteiger partial charge in [-0.25, -0.2) is 8.78 Å². The molecule has 0 aromatic rings. The number of nitrogens with zero attached hydrogens (tertiary/aromatic N) is 2. The Hall–Kier alpha value is -1.79. The fraction of sp³-hybridized carbons (Fsp3) is 0.808. The fourth-order valence-electron chi connectivity index (χ4n) is 7.19. The highest BCUT2D eigenvalue weighted by molar-refractivity contribution is 6.05. The first-order valence-electron chi connectivity index (χ1n) is 13.0. The molecule has 2 aliphatic heterocycles. The predicted molar refractivity (Wildman–Crippen MR) is 126 cm³/mol. The highest BCUT2D eigenvalue weighted by atomic mass is 19.3. The number of carbonyl (C=O) groups excluding carboxylic acids is 1. The Labute approximate surface area is 195 Å². The van der Waals surface area contributed by atoms with E-state index in [-0.39, 0.29) is 36.9 Å². The van der Waals surface area contributed by atoms with E-state index in [1.807, 2.05) is 0 Å². The Morgan fingerprint density at radius 3 is 2.73 bits per heavy atom. The smallest absolute Gasteiger partial charge is 0.248 e. The molecule has 0 spiro atoms. The van der Waals surface area contributed by atoms with Crippen molar-refractivity contribution in [3.05, 3.63) is 11.8 Å². The second kappa shape index (κ2) is 9.10. The van der Waals surface area contributed by atoms with E-state index in [9.17, 15) is 13.6 Å². The number of rotatable bonds is 6. The summed E-state index contributed by atoms with van der Waals surface area (Å²) in [5, 5.41) is 3.51. The number of nitrogens with two attached hydrogens (primary N) is 1. The summed E-state index contributed by atoms with van der Waals surface area (Å²) in [4.78, 5) is 21.7. The van der Waals surface area contributed by atoms with Crippen molar-refractivity contribution >= 4 is 17.3 Å². The lowest BCUT2D eigenvalue weighted by atomic mass is 9.68. The highest BCUT2D eigenvalue weighted by Gasteiger charge is 2.45. The first kappa shape index (κ1) is 23.0. The molecule has 2 heterocycles. The molecule has 7 heteroatoms. The topological polar surface area (TPSA) is 79.8 Å². The van der Waals surface area contributed by atoms with E-state index in [2.05, 4.69) is 18.3 Å². The van der Waals surface area contributed by atoms with Gasteiger partial charge < -0.3 is 11.1 Å². The van der Waals surface area contributed by atoms with Crippen LogP contribution in [0.3, 0.4) is 0 Å². The van der Waals surface area contributed by atoms with Crippen molar-refractivity contribution in [3.63, 3.8) is 0 Å². The molecule has 5 nitrogen and oxygen atoms in total. The summed E-state index contributed by atoms with van der Waals surface area (Å²) < 4.78 is 26.4. The minimum Gasteiger partial charge on any atom is -0.370 e. The summed E-state index contributed by atoms with van der Waals surface area (Å²) in [5.41, 5.74) is 8.94. The monoisotopic (exact) mass is 460 g/mol. The number of allylic oxidation sites excluding steroid dienone is 1. The van der Waals surface area contributed by atoms with E-state index in [4.69, 9.17) is 15.7 Å². The maximum atomic E-state index is 13.2. The maximum Gasteiger partial charge on any atom is 0.248 e. The Bertz CT molecular complexity index is 858. The van der Waals surface area contributed by atoms with Gasteiger partial charge in [-0.15, -0.1) is 0 Å². The van der Waals surface area contributed by atoms with Gasteiger partial charge in [-0.05, 0) is 81.6 Å². The number of halogens is 2. The Morgan fingerprint density at radius 1 is 1.15 bits per heavy atom. The van der Waals surface area contributed by atoms with Gasteiger partial charge in [0.1, 0.15) is 12.2 Å². The molecular weight excluding hydrogens is 422 g/mol. The molecule has 182 valence electrons. The normalized spacial score (nSPS) is 38.0. The molecule has 4 aliphatic carbocycles. The zero-order valence-electron chi connectivity index (χ0n) is 19.7. The quantitative estimate of drug-likeness (QED) is 0.584. The van der Waals surface area contributed by atoms with Crippen LogP contribution in [0.2, 0.25) is 0 Å². The van der Waals surface area contributed by atoms with Crippen molar-refractivity contribution in [3.8, 4) is 0 Å². The van der Waals surface area contributed by atoms with Gasteiger partial charge in [0.15, 0.2) is 0 Å². The van der Waals surface area contributed by atoms with Crippen LogP contribution < -0.4 is 11.1 Å². The summed E-state index contributed by atoms with van der Waals surface area (Å²) >= 11 is 0. The van der Waals surface area contributed by atoms with Crippen molar-refractivity contribution in [2.75, 3.05) is 0 Å². The number of fused-ring (bicyclic) bond motifs is 7. The van der Waals surface area contributed by atoms with Crippen LogP contribution in [0.4, 0.5) is 8.78 Å². The average Bonchev–Trinajstić information content (AvgIpc) is 3.18.